The lowest BCUT2D eigenvalue weighted by Crippen LogP contribution is -2.48. The van der Waals surface area contributed by atoms with Crippen LogP contribution in [0.25, 0.3) is 21.9 Å². The second-order valence-corrected chi connectivity index (χ2v) is 8.40. The van der Waals surface area contributed by atoms with Crippen LogP contribution in [-0.2, 0) is 6.54 Å². The van der Waals surface area contributed by atoms with Gasteiger partial charge in [-0.3, -0.25) is 9.69 Å². The van der Waals surface area contributed by atoms with E-state index in [0.29, 0.717) is 44.6 Å². The topological polar surface area (TPSA) is 83.4 Å². The molecule has 31 heavy (non-hydrogen) atoms. The first-order valence-corrected chi connectivity index (χ1v) is 10.6. The van der Waals surface area contributed by atoms with Gasteiger partial charge >= 0.3 is 0 Å². The van der Waals surface area contributed by atoms with E-state index in [1.807, 2.05) is 47.0 Å². The Hall–Kier alpha value is -3.16. The number of hydrogen-bond donors (Lipinski definition) is 2. The Morgan fingerprint density at radius 2 is 2.03 bits per heavy atom. The van der Waals surface area contributed by atoms with E-state index in [4.69, 9.17) is 4.74 Å². The van der Waals surface area contributed by atoms with Crippen molar-refractivity contribution in [3.8, 4) is 5.75 Å². The quantitative estimate of drug-likeness (QED) is 0.470. The third-order valence-electron chi connectivity index (χ3n) is 6.34. The van der Waals surface area contributed by atoms with Crippen LogP contribution < -0.4 is 4.74 Å². The number of rotatable bonds is 6. The molecular formula is C24H26N4O3. The van der Waals surface area contributed by atoms with Crippen molar-refractivity contribution in [3.63, 3.8) is 0 Å². The molecular weight excluding hydrogens is 392 g/mol. The van der Waals surface area contributed by atoms with Crippen molar-refractivity contribution in [3.05, 3.63) is 60.6 Å². The van der Waals surface area contributed by atoms with Gasteiger partial charge in [-0.25, -0.2) is 4.98 Å². The summed E-state index contributed by atoms with van der Waals surface area (Å²) >= 11 is 0. The fraction of sp³-hybridized carbons (Fsp3) is 0.333. The van der Waals surface area contributed by atoms with Crippen molar-refractivity contribution < 1.29 is 14.6 Å². The Balaban J connectivity index is 1.23. The fourth-order valence-electron chi connectivity index (χ4n) is 4.49. The fourth-order valence-corrected chi connectivity index (χ4v) is 4.49. The van der Waals surface area contributed by atoms with E-state index in [-0.39, 0.29) is 5.78 Å². The number of para-hydroxylation sites is 2. The number of ketones is 1. The third-order valence-corrected chi connectivity index (χ3v) is 6.34. The Bertz CT molecular complexity index is 1230. The number of hydrogen-bond acceptors (Lipinski definition) is 5. The molecule has 7 heteroatoms. The van der Waals surface area contributed by atoms with Crippen LogP contribution in [0.3, 0.4) is 0 Å². The summed E-state index contributed by atoms with van der Waals surface area (Å²) in [4.78, 5) is 22.7. The number of ether oxygens (including phenoxy) is 1. The molecule has 0 atom stereocenters. The molecule has 2 aromatic carbocycles. The molecule has 0 saturated carbocycles. The SMILES string of the molecule is COc1ccc2c(C(=O)CN3CCC(O)(Cn4cnc5ccccc54)CC3)c[nH]c2c1. The molecule has 0 unspecified atom stereocenters. The summed E-state index contributed by atoms with van der Waals surface area (Å²) in [5.41, 5.74) is 2.77. The summed E-state index contributed by atoms with van der Waals surface area (Å²) in [5, 5.41) is 12.1. The lowest BCUT2D eigenvalue weighted by Gasteiger charge is -2.38. The second kappa shape index (κ2) is 7.83. The largest absolute Gasteiger partial charge is 0.497 e. The van der Waals surface area contributed by atoms with Gasteiger partial charge in [0.2, 0.25) is 0 Å². The van der Waals surface area contributed by atoms with Crippen LogP contribution in [-0.4, -0.2) is 62.7 Å². The molecule has 0 bridgehead atoms. The number of carbonyl (C=O) groups is 1. The maximum Gasteiger partial charge on any atom is 0.178 e. The van der Waals surface area contributed by atoms with Gasteiger partial charge in [-0.2, -0.15) is 0 Å². The number of likely N-dealkylation sites (tertiary alicyclic amines) is 1. The Labute approximate surface area is 180 Å². The number of piperidine rings is 1. The van der Waals surface area contributed by atoms with E-state index in [1.165, 1.54) is 0 Å². The van der Waals surface area contributed by atoms with Gasteiger partial charge in [-0.1, -0.05) is 12.1 Å². The highest BCUT2D eigenvalue weighted by Gasteiger charge is 2.33. The zero-order valence-corrected chi connectivity index (χ0v) is 17.5. The molecule has 0 radical (unpaired) electrons. The maximum absolute atomic E-state index is 12.9. The number of aliphatic hydroxyl groups is 1. The van der Waals surface area contributed by atoms with Crippen LogP contribution in [0.15, 0.2) is 55.0 Å². The standard InChI is InChI=1S/C24H26N4O3/c1-31-17-6-7-18-19(13-25-21(18)12-17)23(29)14-27-10-8-24(30,9-11-27)15-28-16-26-20-4-2-3-5-22(20)28/h2-7,12-13,16,25,30H,8-11,14-15H2,1H3. The first-order valence-electron chi connectivity index (χ1n) is 10.6. The number of nitrogens with zero attached hydrogens (tertiary/aromatic N) is 3. The highest BCUT2D eigenvalue weighted by molar-refractivity contribution is 6.09. The zero-order valence-electron chi connectivity index (χ0n) is 17.5. The molecule has 1 aliphatic heterocycles. The summed E-state index contributed by atoms with van der Waals surface area (Å²) in [6, 6.07) is 13.6. The number of benzene rings is 2. The van der Waals surface area contributed by atoms with Crippen molar-refractivity contribution in [2.45, 2.75) is 25.0 Å². The number of aromatic nitrogens is 3. The Morgan fingerprint density at radius 3 is 2.84 bits per heavy atom. The zero-order chi connectivity index (χ0) is 21.4. The highest BCUT2D eigenvalue weighted by atomic mass is 16.5. The smallest absolute Gasteiger partial charge is 0.178 e. The molecule has 1 aliphatic rings. The molecule has 4 aromatic rings. The van der Waals surface area contributed by atoms with Crippen LogP contribution >= 0.6 is 0 Å². The molecule has 5 rings (SSSR count). The molecule has 0 aliphatic carbocycles. The van der Waals surface area contributed by atoms with E-state index < -0.39 is 5.60 Å². The average Bonchev–Trinajstić information content (AvgIpc) is 3.39. The van der Waals surface area contributed by atoms with Crippen LogP contribution in [0.4, 0.5) is 0 Å². The number of carbonyl (C=O) groups excluding carboxylic acids is 1. The van der Waals surface area contributed by atoms with Crippen LogP contribution in [0.1, 0.15) is 23.2 Å². The normalized spacial score (nSPS) is 16.7. The van der Waals surface area contributed by atoms with E-state index in [9.17, 15) is 9.90 Å². The van der Waals surface area contributed by atoms with E-state index in [2.05, 4.69) is 14.9 Å². The lowest BCUT2D eigenvalue weighted by molar-refractivity contribution is -0.0320. The first-order chi connectivity index (χ1) is 15.0. The van der Waals surface area contributed by atoms with Gasteiger partial charge in [-0.15, -0.1) is 0 Å². The third kappa shape index (κ3) is 3.82. The molecule has 0 spiro atoms. The van der Waals surface area contributed by atoms with Crippen molar-refractivity contribution in [1.29, 1.82) is 0 Å². The van der Waals surface area contributed by atoms with Crippen LogP contribution in [0.5, 0.6) is 5.75 Å². The van der Waals surface area contributed by atoms with Crippen molar-refractivity contribution in [1.82, 2.24) is 19.4 Å². The van der Waals surface area contributed by atoms with E-state index in [1.54, 1.807) is 19.6 Å². The van der Waals surface area contributed by atoms with Crippen molar-refractivity contribution in [2.24, 2.45) is 0 Å². The second-order valence-electron chi connectivity index (χ2n) is 8.40. The molecule has 2 aromatic heterocycles. The Morgan fingerprint density at radius 1 is 1.23 bits per heavy atom. The number of H-pyrrole nitrogens is 1. The summed E-state index contributed by atoms with van der Waals surface area (Å²) in [5.74, 6) is 0.844. The van der Waals surface area contributed by atoms with E-state index >= 15 is 0 Å². The number of aromatic amines is 1. The monoisotopic (exact) mass is 418 g/mol. The first kappa shape index (κ1) is 19.8. The molecule has 1 saturated heterocycles. The van der Waals surface area contributed by atoms with Crippen LogP contribution in [0, 0.1) is 0 Å². The number of methoxy groups -OCH3 is 1. The van der Waals surface area contributed by atoms with Crippen LogP contribution in [0.2, 0.25) is 0 Å². The molecule has 1 fully saturated rings. The lowest BCUT2D eigenvalue weighted by atomic mass is 9.91. The number of Topliss-reactive ketones (excluding diaryl/α,β-unsaturated/α-hetero) is 1. The van der Waals surface area contributed by atoms with Gasteiger partial charge in [0.25, 0.3) is 0 Å². The Kier molecular flexibility index (Phi) is 5.00. The minimum Gasteiger partial charge on any atom is -0.497 e. The molecule has 3 heterocycles. The maximum atomic E-state index is 12.9. The molecule has 0 amide bonds. The van der Waals surface area contributed by atoms with Gasteiger partial charge in [0.05, 0.1) is 43.2 Å². The van der Waals surface area contributed by atoms with Gasteiger partial charge in [0.15, 0.2) is 5.78 Å². The van der Waals surface area contributed by atoms with E-state index in [0.717, 1.165) is 27.7 Å². The van der Waals surface area contributed by atoms with Gasteiger partial charge in [0.1, 0.15) is 5.75 Å². The highest BCUT2D eigenvalue weighted by Crippen LogP contribution is 2.27. The van der Waals surface area contributed by atoms with Crippen molar-refractivity contribution in [2.75, 3.05) is 26.7 Å². The number of nitrogens with one attached hydrogen (secondary N) is 1. The molecule has 2 N–H and O–H groups in total. The summed E-state index contributed by atoms with van der Waals surface area (Å²) in [6.07, 6.45) is 4.82. The van der Waals surface area contributed by atoms with Crippen molar-refractivity contribution >= 4 is 27.7 Å². The number of fused-ring (bicyclic) bond motifs is 2. The predicted octanol–water partition coefficient (Wildman–Crippen LogP) is 3.24. The van der Waals surface area contributed by atoms with Gasteiger partial charge < -0.3 is 19.4 Å². The van der Waals surface area contributed by atoms with Gasteiger partial charge in [-0.05, 0) is 37.1 Å². The minimum absolute atomic E-state index is 0.0856. The number of imidazole rings is 1. The average molecular weight is 418 g/mol. The summed E-state index contributed by atoms with van der Waals surface area (Å²) in [7, 11) is 1.63. The predicted molar refractivity (Wildman–Crippen MR) is 120 cm³/mol. The minimum atomic E-state index is -0.791. The summed E-state index contributed by atoms with van der Waals surface area (Å²) < 4.78 is 7.28. The molecule has 7 nitrogen and oxygen atoms in total. The van der Waals surface area contributed by atoms with Gasteiger partial charge in [0, 0.05) is 41.8 Å². The molecule has 160 valence electrons. The summed E-state index contributed by atoms with van der Waals surface area (Å²) in [6.45, 7) is 2.23.